The van der Waals surface area contributed by atoms with Crippen molar-refractivity contribution in [2.24, 2.45) is 7.05 Å². The molecule has 32 heavy (non-hydrogen) atoms. The van der Waals surface area contributed by atoms with Gasteiger partial charge >= 0.3 is 5.97 Å². The highest BCUT2D eigenvalue weighted by Crippen LogP contribution is 2.40. The number of para-hydroxylation sites is 2. The Labute approximate surface area is 183 Å². The number of ketones is 1. The molecule has 0 atom stereocenters. The van der Waals surface area contributed by atoms with E-state index in [1.165, 1.54) is 7.05 Å². The van der Waals surface area contributed by atoms with E-state index in [-0.39, 0.29) is 16.8 Å². The zero-order valence-electron chi connectivity index (χ0n) is 17.7. The lowest BCUT2D eigenvalue weighted by atomic mass is 10.1. The standard InChI is InChI=1S/C23H19N5O4/c1-26-17-10-6-7-11-18(17)27(2)21(26)16(12-24)19(29)13-32-23(31)20-14-8-4-5-9-15(14)22(30)28(3)25-20/h4-11H,13H2,1-3H3. The zero-order valence-corrected chi connectivity index (χ0v) is 17.7. The van der Waals surface area contributed by atoms with Crippen molar-refractivity contribution in [3.05, 3.63) is 76.0 Å². The van der Waals surface area contributed by atoms with E-state index in [9.17, 15) is 19.6 Å². The molecule has 1 aliphatic rings. The first-order valence-corrected chi connectivity index (χ1v) is 9.72. The molecule has 0 saturated heterocycles. The number of hydrogen-bond acceptors (Lipinski definition) is 8. The number of hydrogen-bond donors (Lipinski definition) is 0. The molecule has 0 aliphatic carbocycles. The highest BCUT2D eigenvalue weighted by Gasteiger charge is 2.31. The average molecular weight is 429 g/mol. The second kappa shape index (κ2) is 8.00. The van der Waals surface area contributed by atoms with Crippen LogP contribution in [0.25, 0.3) is 10.8 Å². The molecule has 1 aromatic heterocycles. The fourth-order valence-corrected chi connectivity index (χ4v) is 3.78. The Morgan fingerprint density at radius 3 is 2.12 bits per heavy atom. The molecule has 9 heteroatoms. The molecule has 0 unspecified atom stereocenters. The molecule has 9 nitrogen and oxygen atoms in total. The van der Waals surface area contributed by atoms with Gasteiger partial charge in [0.25, 0.3) is 5.56 Å². The highest BCUT2D eigenvalue weighted by atomic mass is 16.5. The number of fused-ring (bicyclic) bond motifs is 2. The van der Waals surface area contributed by atoms with Crippen molar-refractivity contribution in [3.8, 4) is 6.07 Å². The minimum Gasteiger partial charge on any atom is -0.452 e. The molecule has 4 rings (SSSR count). The van der Waals surface area contributed by atoms with Crippen molar-refractivity contribution in [1.82, 2.24) is 9.78 Å². The quantitative estimate of drug-likeness (QED) is 0.352. The van der Waals surface area contributed by atoms with E-state index >= 15 is 0 Å². The Morgan fingerprint density at radius 2 is 1.53 bits per heavy atom. The van der Waals surface area contributed by atoms with Gasteiger partial charge in [0.05, 0.1) is 16.8 Å². The van der Waals surface area contributed by atoms with Crippen LogP contribution in [0.5, 0.6) is 0 Å². The van der Waals surface area contributed by atoms with Crippen LogP contribution in [0.4, 0.5) is 11.4 Å². The van der Waals surface area contributed by atoms with Crippen LogP contribution in [-0.2, 0) is 16.6 Å². The number of benzene rings is 2. The fraction of sp³-hybridized carbons (Fsp3) is 0.174. The maximum absolute atomic E-state index is 12.8. The first kappa shape index (κ1) is 20.8. The number of ether oxygens (including phenoxy) is 1. The number of esters is 1. The Hall–Kier alpha value is -4.45. The molecule has 0 saturated carbocycles. The lowest BCUT2D eigenvalue weighted by Gasteiger charge is -2.19. The number of anilines is 2. The second-order valence-corrected chi connectivity index (χ2v) is 7.24. The SMILES string of the molecule is CN1C(=C(C#N)C(=O)COC(=O)c2nn(C)c(=O)c3ccccc23)N(C)c2ccccc21. The van der Waals surface area contributed by atoms with Crippen LogP contribution in [0.3, 0.4) is 0 Å². The maximum atomic E-state index is 12.8. The molecule has 2 heterocycles. The van der Waals surface area contributed by atoms with Gasteiger partial charge in [-0.15, -0.1) is 0 Å². The van der Waals surface area contributed by atoms with Gasteiger partial charge in [-0.05, 0) is 18.2 Å². The summed E-state index contributed by atoms with van der Waals surface area (Å²) in [4.78, 5) is 41.3. The van der Waals surface area contributed by atoms with Crippen molar-refractivity contribution in [3.63, 3.8) is 0 Å². The van der Waals surface area contributed by atoms with Gasteiger partial charge in [0.2, 0.25) is 5.78 Å². The van der Waals surface area contributed by atoms with E-state index < -0.39 is 18.4 Å². The summed E-state index contributed by atoms with van der Waals surface area (Å²) in [6, 6.07) is 16.0. The van der Waals surface area contributed by atoms with Crippen LogP contribution in [0, 0.1) is 11.3 Å². The molecule has 0 fully saturated rings. The minimum atomic E-state index is -0.858. The summed E-state index contributed by atoms with van der Waals surface area (Å²) in [6.07, 6.45) is 0. The van der Waals surface area contributed by atoms with Gasteiger partial charge < -0.3 is 14.5 Å². The largest absolute Gasteiger partial charge is 0.452 e. The number of rotatable bonds is 4. The number of carbonyl (C=O) groups is 2. The van der Waals surface area contributed by atoms with Gasteiger partial charge in [-0.2, -0.15) is 10.4 Å². The van der Waals surface area contributed by atoms with E-state index in [2.05, 4.69) is 5.10 Å². The summed E-state index contributed by atoms with van der Waals surface area (Å²) in [6.45, 7) is -0.637. The molecule has 1 aliphatic heterocycles. The third-order valence-electron chi connectivity index (χ3n) is 5.34. The third kappa shape index (κ3) is 3.28. The van der Waals surface area contributed by atoms with Crippen molar-refractivity contribution in [1.29, 1.82) is 5.26 Å². The maximum Gasteiger partial charge on any atom is 0.359 e. The van der Waals surface area contributed by atoms with E-state index in [0.29, 0.717) is 16.6 Å². The first-order chi connectivity index (χ1) is 15.3. The predicted octanol–water partition coefficient (Wildman–Crippen LogP) is 1.98. The molecule has 160 valence electrons. The van der Waals surface area contributed by atoms with Crippen LogP contribution in [0.15, 0.2) is 64.7 Å². The van der Waals surface area contributed by atoms with Crippen molar-refractivity contribution < 1.29 is 14.3 Å². The van der Waals surface area contributed by atoms with Crippen LogP contribution >= 0.6 is 0 Å². The average Bonchev–Trinajstić information content (AvgIpc) is 3.06. The van der Waals surface area contributed by atoms with Gasteiger partial charge in [0.1, 0.15) is 17.5 Å². The van der Waals surface area contributed by atoms with Crippen LogP contribution in [0.2, 0.25) is 0 Å². The van der Waals surface area contributed by atoms with Gasteiger partial charge in [0.15, 0.2) is 12.3 Å². The normalized spacial score (nSPS) is 12.5. The lowest BCUT2D eigenvalue weighted by Crippen LogP contribution is -2.28. The Balaban J connectivity index is 1.61. The minimum absolute atomic E-state index is 0.0795. The Morgan fingerprint density at radius 1 is 0.969 bits per heavy atom. The van der Waals surface area contributed by atoms with Gasteiger partial charge in [-0.1, -0.05) is 30.3 Å². The lowest BCUT2D eigenvalue weighted by molar-refractivity contribution is -0.118. The number of nitriles is 1. The van der Waals surface area contributed by atoms with Crippen molar-refractivity contribution in [2.75, 3.05) is 30.5 Å². The van der Waals surface area contributed by atoms with E-state index in [1.54, 1.807) is 48.2 Å². The van der Waals surface area contributed by atoms with Crippen LogP contribution in [-0.4, -0.2) is 42.2 Å². The number of aryl methyl sites for hydroxylation is 1. The summed E-state index contributed by atoms with van der Waals surface area (Å²) in [5, 5.41) is 14.3. The number of aromatic nitrogens is 2. The summed E-state index contributed by atoms with van der Waals surface area (Å²) < 4.78 is 6.24. The monoisotopic (exact) mass is 429 g/mol. The van der Waals surface area contributed by atoms with Crippen LogP contribution in [0.1, 0.15) is 10.5 Å². The van der Waals surface area contributed by atoms with Crippen molar-refractivity contribution in [2.45, 2.75) is 0 Å². The summed E-state index contributed by atoms with van der Waals surface area (Å²) in [5.41, 5.74) is 1.14. The van der Waals surface area contributed by atoms with Gasteiger partial charge in [0, 0.05) is 26.5 Å². The molecule has 3 aromatic rings. The van der Waals surface area contributed by atoms with E-state index in [4.69, 9.17) is 4.74 Å². The van der Waals surface area contributed by atoms with Crippen LogP contribution < -0.4 is 15.4 Å². The molecule has 0 amide bonds. The molecule has 0 spiro atoms. The number of Topliss-reactive ketones (excluding diaryl/α,β-unsaturated/α-hetero) is 1. The molecular weight excluding hydrogens is 410 g/mol. The smallest absolute Gasteiger partial charge is 0.359 e. The topological polar surface area (TPSA) is 109 Å². The molecule has 0 N–H and O–H groups in total. The summed E-state index contributed by atoms with van der Waals surface area (Å²) in [7, 11) is 4.95. The fourth-order valence-electron chi connectivity index (χ4n) is 3.78. The Kier molecular flexibility index (Phi) is 5.20. The third-order valence-corrected chi connectivity index (χ3v) is 5.34. The summed E-state index contributed by atoms with van der Waals surface area (Å²) >= 11 is 0. The van der Waals surface area contributed by atoms with E-state index in [0.717, 1.165) is 16.1 Å². The summed E-state index contributed by atoms with van der Waals surface area (Å²) in [5.74, 6) is -1.10. The highest BCUT2D eigenvalue weighted by molar-refractivity contribution is 6.06. The molecular formula is C23H19N5O4. The van der Waals surface area contributed by atoms with Gasteiger partial charge in [-0.3, -0.25) is 9.59 Å². The zero-order chi connectivity index (χ0) is 23.0. The van der Waals surface area contributed by atoms with Gasteiger partial charge in [-0.25, -0.2) is 9.48 Å². The Bertz CT molecular complexity index is 1370. The van der Waals surface area contributed by atoms with E-state index in [1.807, 2.05) is 30.3 Å². The predicted molar refractivity (Wildman–Crippen MR) is 118 cm³/mol. The molecule has 2 aromatic carbocycles. The second-order valence-electron chi connectivity index (χ2n) is 7.24. The number of nitrogens with zero attached hydrogens (tertiary/aromatic N) is 5. The molecule has 0 bridgehead atoms. The molecule has 0 radical (unpaired) electrons. The first-order valence-electron chi connectivity index (χ1n) is 9.72. The van der Waals surface area contributed by atoms with Crippen molar-refractivity contribution >= 4 is 33.9 Å². The number of carbonyl (C=O) groups excluding carboxylic acids is 2.